The predicted octanol–water partition coefficient (Wildman–Crippen LogP) is 4.43. The van der Waals surface area contributed by atoms with Gasteiger partial charge in [0, 0.05) is 36.2 Å². The third-order valence-corrected chi connectivity index (χ3v) is 10.8. The Labute approximate surface area is 303 Å². The number of hydrogen-bond acceptors (Lipinski definition) is 11. The number of nitrogens with zero attached hydrogens (tertiary/aromatic N) is 5. The van der Waals surface area contributed by atoms with Gasteiger partial charge >= 0.3 is 12.1 Å². The van der Waals surface area contributed by atoms with Gasteiger partial charge in [0.2, 0.25) is 11.8 Å². The Morgan fingerprint density at radius 2 is 1.94 bits per heavy atom. The molecule has 1 saturated heterocycles. The van der Waals surface area contributed by atoms with Crippen LogP contribution in [0.3, 0.4) is 0 Å². The summed E-state index contributed by atoms with van der Waals surface area (Å²) in [4.78, 5) is 78.7. The maximum atomic E-state index is 14.4. The highest BCUT2D eigenvalue weighted by Crippen LogP contribution is 2.45. The topological polar surface area (TPSA) is 186 Å². The van der Waals surface area contributed by atoms with Crippen molar-refractivity contribution in [1.29, 1.82) is 0 Å². The number of alkyl carbamates (subject to hydrolysis) is 1. The van der Waals surface area contributed by atoms with Crippen LogP contribution in [0.15, 0.2) is 68.5 Å². The average molecular weight is 736 g/mol. The van der Waals surface area contributed by atoms with Crippen LogP contribution in [-0.2, 0) is 19.1 Å². The van der Waals surface area contributed by atoms with Gasteiger partial charge in [-0.3, -0.25) is 14.4 Å². The number of aliphatic carboxylic acids is 1. The van der Waals surface area contributed by atoms with E-state index in [0.29, 0.717) is 34.0 Å². The van der Waals surface area contributed by atoms with E-state index >= 15 is 0 Å². The summed E-state index contributed by atoms with van der Waals surface area (Å²) >= 11 is 2.63. The van der Waals surface area contributed by atoms with Gasteiger partial charge in [-0.15, -0.1) is 0 Å². The van der Waals surface area contributed by atoms with Crippen molar-refractivity contribution in [1.82, 2.24) is 35.3 Å². The van der Waals surface area contributed by atoms with E-state index in [-0.39, 0.29) is 25.3 Å². The van der Waals surface area contributed by atoms with E-state index in [4.69, 9.17) is 4.74 Å². The first-order valence-corrected chi connectivity index (χ1v) is 18.7. The van der Waals surface area contributed by atoms with Gasteiger partial charge < -0.3 is 25.4 Å². The quantitative estimate of drug-likeness (QED) is 0.240. The van der Waals surface area contributed by atoms with E-state index in [0.717, 1.165) is 19.3 Å². The number of hydrogen-bond donors (Lipinski definition) is 3. The Morgan fingerprint density at radius 1 is 1.16 bits per heavy atom. The van der Waals surface area contributed by atoms with Gasteiger partial charge in [-0.25, -0.2) is 24.2 Å². The number of fused-ring (bicyclic) bond motifs is 2. The molecule has 5 atom stereocenters. The second kappa shape index (κ2) is 15.0. The SMILES string of the molecule is CC(C)(C)OC(=O)N[C@H]1CCCCC/C=C\C2C[C@@]2(C(=O)O)NC(=O)[C@@H]2C[C@@H](n3ncc(Sc4ncccn4)c(-c4ccsc4)c3=O)CN2C1=O. The van der Waals surface area contributed by atoms with Gasteiger partial charge in [0.25, 0.3) is 5.56 Å². The van der Waals surface area contributed by atoms with Crippen molar-refractivity contribution < 1.29 is 29.0 Å². The molecule has 5 heterocycles. The second-order valence-corrected chi connectivity index (χ2v) is 15.8. The summed E-state index contributed by atoms with van der Waals surface area (Å²) < 4.78 is 6.77. The molecule has 2 aliphatic heterocycles. The molecule has 3 aromatic rings. The number of carboxylic acid groups (broad SMARTS) is 1. The van der Waals surface area contributed by atoms with Crippen LogP contribution < -0.4 is 16.2 Å². The Kier molecular flexibility index (Phi) is 10.6. The summed E-state index contributed by atoms with van der Waals surface area (Å²) in [5, 5.41) is 24.3. The molecule has 3 aliphatic rings. The van der Waals surface area contributed by atoms with Gasteiger partial charge in [-0.2, -0.15) is 16.4 Å². The number of allylic oxidation sites excluding steroid dienone is 1. The lowest BCUT2D eigenvalue weighted by Gasteiger charge is -2.30. The first kappa shape index (κ1) is 36.2. The molecular formula is C35H41N7O7S2. The molecule has 3 amide bonds. The molecule has 270 valence electrons. The first-order chi connectivity index (χ1) is 24.4. The maximum absolute atomic E-state index is 14.4. The van der Waals surface area contributed by atoms with Crippen LogP contribution in [0.2, 0.25) is 0 Å². The molecule has 0 bridgehead atoms. The number of ether oxygens (including phenoxy) is 1. The Morgan fingerprint density at radius 3 is 2.65 bits per heavy atom. The standard InChI is InChI=1S/C35H41N7O7S2/c1-34(2,3)49-33(48)39-24-11-8-6-4-5-7-10-22-17-35(22,31(46)47)40-28(43)25-16-23(19-41(25)29(24)44)42-30(45)27(21-12-15-50-20-21)26(18-38-42)51-32-36-13-9-14-37-32/h7,9-10,12-15,18,20,22-25H,4-6,8,11,16-17,19H2,1-3H3,(H,39,48)(H,40,43)(H,46,47)/b10-7-/t22?,23-,24+,25+,35-/m1/s1. The molecule has 1 saturated carbocycles. The molecular weight excluding hydrogens is 695 g/mol. The lowest BCUT2D eigenvalue weighted by atomic mass is 10.0. The molecule has 2 fully saturated rings. The third kappa shape index (κ3) is 8.17. The third-order valence-electron chi connectivity index (χ3n) is 9.20. The van der Waals surface area contributed by atoms with E-state index in [9.17, 15) is 29.1 Å². The van der Waals surface area contributed by atoms with Crippen LogP contribution in [0, 0.1) is 5.92 Å². The van der Waals surface area contributed by atoms with Crippen molar-refractivity contribution >= 4 is 47.0 Å². The van der Waals surface area contributed by atoms with E-state index in [1.54, 1.807) is 45.4 Å². The van der Waals surface area contributed by atoms with Crippen molar-refractivity contribution in [3.8, 4) is 11.1 Å². The largest absolute Gasteiger partial charge is 0.479 e. The number of amides is 3. The zero-order valence-corrected chi connectivity index (χ0v) is 30.2. The average Bonchev–Trinajstić information content (AvgIpc) is 3.38. The van der Waals surface area contributed by atoms with Crippen LogP contribution in [0.5, 0.6) is 0 Å². The zero-order valence-electron chi connectivity index (χ0n) is 28.6. The summed E-state index contributed by atoms with van der Waals surface area (Å²) in [5.74, 6) is -2.70. The summed E-state index contributed by atoms with van der Waals surface area (Å²) in [6.07, 6.45) is 11.2. The molecule has 1 unspecified atom stereocenters. The van der Waals surface area contributed by atoms with Crippen molar-refractivity contribution in [3.05, 3.63) is 64.0 Å². The number of carbonyl (C=O) groups excluding carboxylic acids is 3. The van der Waals surface area contributed by atoms with Crippen molar-refractivity contribution in [2.75, 3.05) is 6.54 Å². The van der Waals surface area contributed by atoms with Crippen LogP contribution in [0.1, 0.15) is 71.8 Å². The fraction of sp³-hybridized carbons (Fsp3) is 0.486. The first-order valence-electron chi connectivity index (χ1n) is 17.0. The van der Waals surface area contributed by atoms with Gasteiger partial charge in [-0.05, 0) is 86.7 Å². The number of carbonyl (C=O) groups is 4. The molecule has 3 aromatic heterocycles. The van der Waals surface area contributed by atoms with Crippen molar-refractivity contribution in [2.24, 2.45) is 5.92 Å². The fourth-order valence-electron chi connectivity index (χ4n) is 6.60. The van der Waals surface area contributed by atoms with Crippen LogP contribution >= 0.6 is 23.1 Å². The molecule has 0 aromatic carbocycles. The van der Waals surface area contributed by atoms with E-state index in [1.165, 1.54) is 32.7 Å². The van der Waals surface area contributed by atoms with E-state index < -0.39 is 58.7 Å². The highest BCUT2D eigenvalue weighted by Gasteiger charge is 2.61. The van der Waals surface area contributed by atoms with Gasteiger partial charge in [0.15, 0.2) is 5.16 Å². The number of rotatable bonds is 6. The van der Waals surface area contributed by atoms with Crippen LogP contribution in [0.25, 0.3) is 11.1 Å². The van der Waals surface area contributed by atoms with E-state index in [1.807, 2.05) is 29.0 Å². The Bertz CT molecular complexity index is 1860. The molecule has 1 aliphatic carbocycles. The fourth-order valence-corrected chi connectivity index (χ4v) is 8.08. The summed E-state index contributed by atoms with van der Waals surface area (Å²) in [7, 11) is 0. The van der Waals surface area contributed by atoms with Crippen LogP contribution in [-0.4, -0.2) is 83.4 Å². The number of aromatic nitrogens is 4. The maximum Gasteiger partial charge on any atom is 0.408 e. The molecule has 16 heteroatoms. The Balaban J connectivity index is 1.36. The minimum absolute atomic E-state index is 0.00277. The number of thiophene rings is 1. The second-order valence-electron chi connectivity index (χ2n) is 14.0. The minimum atomic E-state index is -1.49. The van der Waals surface area contributed by atoms with Crippen LogP contribution in [0.4, 0.5) is 4.79 Å². The van der Waals surface area contributed by atoms with Gasteiger partial charge in [0.1, 0.15) is 23.2 Å². The smallest absolute Gasteiger partial charge is 0.408 e. The lowest BCUT2D eigenvalue weighted by molar-refractivity contribution is -0.145. The molecule has 51 heavy (non-hydrogen) atoms. The summed E-state index contributed by atoms with van der Waals surface area (Å²) in [6, 6.07) is 0.629. The normalized spacial score (nSPS) is 26.1. The summed E-state index contributed by atoms with van der Waals surface area (Å²) in [5.41, 5.74) is -1.66. The number of nitrogens with one attached hydrogen (secondary N) is 2. The molecule has 6 rings (SSSR count). The monoisotopic (exact) mass is 735 g/mol. The van der Waals surface area contributed by atoms with Crippen molar-refractivity contribution in [2.45, 2.75) is 105 Å². The molecule has 3 N–H and O–H groups in total. The Hall–Kier alpha value is -4.57. The zero-order chi connectivity index (χ0) is 36.3. The van der Waals surface area contributed by atoms with Crippen molar-refractivity contribution in [3.63, 3.8) is 0 Å². The highest BCUT2D eigenvalue weighted by molar-refractivity contribution is 7.99. The molecule has 14 nitrogen and oxygen atoms in total. The predicted molar refractivity (Wildman–Crippen MR) is 189 cm³/mol. The summed E-state index contributed by atoms with van der Waals surface area (Å²) in [6.45, 7) is 5.09. The number of carboxylic acids is 1. The van der Waals surface area contributed by atoms with E-state index in [2.05, 4.69) is 25.7 Å². The molecule has 0 spiro atoms. The minimum Gasteiger partial charge on any atom is -0.479 e. The lowest BCUT2D eigenvalue weighted by Crippen LogP contribution is -2.56. The van der Waals surface area contributed by atoms with Gasteiger partial charge in [-0.1, -0.05) is 25.0 Å². The highest BCUT2D eigenvalue weighted by atomic mass is 32.2. The van der Waals surface area contributed by atoms with Gasteiger partial charge in [0.05, 0.1) is 17.8 Å². The molecule has 0 radical (unpaired) electrons.